The van der Waals surface area contributed by atoms with Crippen molar-refractivity contribution in [3.8, 4) is 11.5 Å². The number of phenolic OH excluding ortho intramolecular Hbond substituents is 1. The zero-order valence-electron chi connectivity index (χ0n) is 8.30. The summed E-state index contributed by atoms with van der Waals surface area (Å²) in [5.41, 5.74) is 0.862. The number of carboxylic acid groups (broad SMARTS) is 1. The molecule has 0 radical (unpaired) electrons. The number of rotatable bonds is 3. The smallest absolute Gasteiger partial charge is 0.307 e. The number of ether oxygens (including phenoxy) is 1. The van der Waals surface area contributed by atoms with E-state index in [9.17, 15) is 9.90 Å². The number of phenols is 1. The summed E-state index contributed by atoms with van der Waals surface area (Å²) in [4.78, 5) is 10.7. The molecule has 4 nitrogen and oxygen atoms in total. The lowest BCUT2D eigenvalue weighted by atomic mass is 10.1. The van der Waals surface area contributed by atoms with Crippen LogP contribution in [0.4, 0.5) is 0 Å². The van der Waals surface area contributed by atoms with Crippen LogP contribution in [0.5, 0.6) is 11.5 Å². The molecular formula is C11H12O4. The van der Waals surface area contributed by atoms with Crippen molar-refractivity contribution in [2.24, 2.45) is 5.92 Å². The van der Waals surface area contributed by atoms with Gasteiger partial charge in [0.2, 0.25) is 0 Å². The third kappa shape index (κ3) is 1.75. The molecule has 1 aromatic carbocycles. The summed E-state index contributed by atoms with van der Waals surface area (Å²) < 4.78 is 4.91. The van der Waals surface area contributed by atoms with Crippen molar-refractivity contribution >= 4 is 5.97 Å². The number of aliphatic carboxylic acids is 1. The van der Waals surface area contributed by atoms with Gasteiger partial charge in [0.1, 0.15) is 0 Å². The van der Waals surface area contributed by atoms with Crippen LogP contribution in [0.15, 0.2) is 18.2 Å². The van der Waals surface area contributed by atoms with E-state index < -0.39 is 5.97 Å². The second kappa shape index (κ2) is 3.46. The molecule has 1 saturated carbocycles. The summed E-state index contributed by atoms with van der Waals surface area (Å²) in [5.74, 6) is -0.551. The summed E-state index contributed by atoms with van der Waals surface area (Å²) in [7, 11) is 1.48. The fraction of sp³-hybridized carbons (Fsp3) is 0.364. The third-order valence-corrected chi connectivity index (χ3v) is 2.74. The Kier molecular flexibility index (Phi) is 2.26. The molecule has 2 rings (SSSR count). The number of carboxylic acids is 1. The number of methoxy groups -OCH3 is 1. The van der Waals surface area contributed by atoms with Crippen LogP contribution < -0.4 is 4.74 Å². The Morgan fingerprint density at radius 2 is 2.27 bits per heavy atom. The lowest BCUT2D eigenvalue weighted by molar-refractivity contribution is -0.138. The second-order valence-corrected chi connectivity index (χ2v) is 3.72. The molecule has 0 unspecified atom stereocenters. The van der Waals surface area contributed by atoms with Gasteiger partial charge in [-0.2, -0.15) is 0 Å². The summed E-state index contributed by atoms with van der Waals surface area (Å²) in [6.45, 7) is 0. The number of hydrogen-bond acceptors (Lipinski definition) is 3. The fourth-order valence-electron chi connectivity index (χ4n) is 1.77. The van der Waals surface area contributed by atoms with E-state index >= 15 is 0 Å². The molecule has 4 heteroatoms. The molecule has 0 aromatic heterocycles. The van der Waals surface area contributed by atoms with Crippen molar-refractivity contribution in [1.82, 2.24) is 0 Å². The maximum Gasteiger partial charge on any atom is 0.307 e. The van der Waals surface area contributed by atoms with E-state index in [1.807, 2.05) is 0 Å². The molecule has 1 aliphatic carbocycles. The molecule has 15 heavy (non-hydrogen) atoms. The van der Waals surface area contributed by atoms with E-state index in [0.717, 1.165) is 5.56 Å². The quantitative estimate of drug-likeness (QED) is 0.791. The maximum absolute atomic E-state index is 10.7. The molecule has 0 bridgehead atoms. The Balaban J connectivity index is 2.18. The number of benzene rings is 1. The molecule has 2 atom stereocenters. The normalized spacial score (nSPS) is 23.5. The highest BCUT2D eigenvalue weighted by Crippen LogP contribution is 2.48. The van der Waals surface area contributed by atoms with E-state index in [2.05, 4.69) is 0 Å². The minimum Gasteiger partial charge on any atom is -0.504 e. The SMILES string of the molecule is COc1ccc([C@@H]2C[C@H]2C(=O)O)cc1O. The van der Waals surface area contributed by atoms with Gasteiger partial charge in [-0.25, -0.2) is 0 Å². The predicted molar refractivity (Wildman–Crippen MR) is 53.1 cm³/mol. The van der Waals surface area contributed by atoms with Crippen molar-refractivity contribution in [3.63, 3.8) is 0 Å². The predicted octanol–water partition coefficient (Wildman–Crippen LogP) is 1.59. The highest BCUT2D eigenvalue weighted by molar-refractivity contribution is 5.75. The van der Waals surface area contributed by atoms with E-state index in [1.165, 1.54) is 7.11 Å². The first-order chi connectivity index (χ1) is 7.13. The van der Waals surface area contributed by atoms with Crippen LogP contribution >= 0.6 is 0 Å². The minimum absolute atomic E-state index is 0.0410. The summed E-state index contributed by atoms with van der Waals surface area (Å²) in [6.07, 6.45) is 0.654. The molecule has 1 fully saturated rings. The zero-order valence-corrected chi connectivity index (χ0v) is 8.30. The zero-order chi connectivity index (χ0) is 11.0. The largest absolute Gasteiger partial charge is 0.504 e. The van der Waals surface area contributed by atoms with Crippen LogP contribution in [0.2, 0.25) is 0 Å². The first-order valence-electron chi connectivity index (χ1n) is 4.73. The maximum atomic E-state index is 10.7. The van der Waals surface area contributed by atoms with Crippen LogP contribution in [-0.2, 0) is 4.79 Å². The van der Waals surface area contributed by atoms with Gasteiger partial charge in [0, 0.05) is 0 Å². The van der Waals surface area contributed by atoms with Gasteiger partial charge in [-0.3, -0.25) is 4.79 Å². The fourth-order valence-corrected chi connectivity index (χ4v) is 1.77. The Morgan fingerprint density at radius 3 is 2.73 bits per heavy atom. The van der Waals surface area contributed by atoms with Crippen molar-refractivity contribution in [3.05, 3.63) is 23.8 Å². The van der Waals surface area contributed by atoms with Crippen LogP contribution in [0.3, 0.4) is 0 Å². The van der Waals surface area contributed by atoms with Gasteiger partial charge in [0.15, 0.2) is 11.5 Å². The average Bonchev–Trinajstić information content (AvgIpc) is 2.97. The van der Waals surface area contributed by atoms with Crippen molar-refractivity contribution in [2.45, 2.75) is 12.3 Å². The molecule has 0 saturated heterocycles. The van der Waals surface area contributed by atoms with Gasteiger partial charge < -0.3 is 14.9 Å². The average molecular weight is 208 g/mol. The van der Waals surface area contributed by atoms with E-state index in [4.69, 9.17) is 9.84 Å². The molecule has 1 aliphatic rings. The highest BCUT2D eigenvalue weighted by Gasteiger charge is 2.44. The number of hydrogen-bond donors (Lipinski definition) is 2. The topological polar surface area (TPSA) is 66.8 Å². The Hall–Kier alpha value is -1.71. The Morgan fingerprint density at radius 1 is 1.53 bits per heavy atom. The van der Waals surface area contributed by atoms with Crippen LogP contribution in [0, 0.1) is 5.92 Å². The van der Waals surface area contributed by atoms with Gasteiger partial charge >= 0.3 is 5.97 Å². The lowest BCUT2D eigenvalue weighted by Crippen LogP contribution is -1.98. The first-order valence-corrected chi connectivity index (χ1v) is 4.73. The lowest BCUT2D eigenvalue weighted by Gasteiger charge is -2.05. The van der Waals surface area contributed by atoms with Crippen LogP contribution in [0.1, 0.15) is 17.9 Å². The van der Waals surface area contributed by atoms with E-state index in [1.54, 1.807) is 18.2 Å². The second-order valence-electron chi connectivity index (χ2n) is 3.72. The minimum atomic E-state index is -0.768. The molecular weight excluding hydrogens is 196 g/mol. The van der Waals surface area contributed by atoms with E-state index in [0.29, 0.717) is 12.2 Å². The summed E-state index contributed by atoms with van der Waals surface area (Å²) in [5, 5.41) is 18.3. The van der Waals surface area contributed by atoms with Crippen LogP contribution in [-0.4, -0.2) is 23.3 Å². The van der Waals surface area contributed by atoms with Crippen LogP contribution in [0.25, 0.3) is 0 Å². The van der Waals surface area contributed by atoms with Gasteiger partial charge in [-0.05, 0) is 30.0 Å². The Bertz CT molecular complexity index is 400. The first kappa shape index (κ1) is 9.83. The molecule has 80 valence electrons. The molecule has 2 N–H and O–H groups in total. The molecule has 1 aromatic rings. The summed E-state index contributed by atoms with van der Waals surface area (Å²) in [6, 6.07) is 5.03. The molecule has 0 spiro atoms. The van der Waals surface area contributed by atoms with Gasteiger partial charge in [0.05, 0.1) is 13.0 Å². The highest BCUT2D eigenvalue weighted by atomic mass is 16.5. The van der Waals surface area contributed by atoms with Crippen molar-refractivity contribution in [2.75, 3.05) is 7.11 Å². The number of carbonyl (C=O) groups is 1. The molecule has 0 amide bonds. The number of aromatic hydroxyl groups is 1. The standard InChI is InChI=1S/C11H12O4/c1-15-10-3-2-6(4-9(10)12)7-5-8(7)11(13)14/h2-4,7-8,12H,5H2,1H3,(H,13,14)/t7-,8+/m0/s1. The van der Waals surface area contributed by atoms with Gasteiger partial charge in [-0.1, -0.05) is 6.07 Å². The van der Waals surface area contributed by atoms with Crippen molar-refractivity contribution in [1.29, 1.82) is 0 Å². The monoisotopic (exact) mass is 208 g/mol. The molecule has 0 heterocycles. The summed E-state index contributed by atoms with van der Waals surface area (Å²) >= 11 is 0. The molecule has 0 aliphatic heterocycles. The Labute approximate surface area is 87.1 Å². The van der Waals surface area contributed by atoms with Crippen molar-refractivity contribution < 1.29 is 19.7 Å². The van der Waals surface area contributed by atoms with Gasteiger partial charge in [0.25, 0.3) is 0 Å². The van der Waals surface area contributed by atoms with Gasteiger partial charge in [-0.15, -0.1) is 0 Å². The third-order valence-electron chi connectivity index (χ3n) is 2.74. The van der Waals surface area contributed by atoms with E-state index in [-0.39, 0.29) is 17.6 Å².